The fourth-order valence-corrected chi connectivity index (χ4v) is 0.729. The van der Waals surface area contributed by atoms with Crippen molar-refractivity contribution in [3.8, 4) is 0 Å². The Morgan fingerprint density at radius 3 is 2.12 bits per heavy atom. The zero-order chi connectivity index (χ0) is 6.04. The third kappa shape index (κ3) is 1.43. The lowest BCUT2D eigenvalue weighted by molar-refractivity contribution is -1.12. The number of nitrogens with zero attached hydrogens (tertiary/aromatic N) is 1. The third-order valence-corrected chi connectivity index (χ3v) is 1.42. The molecule has 0 aromatic carbocycles. The maximum atomic E-state index is 11.0. The molecule has 1 aliphatic heterocycles. The summed E-state index contributed by atoms with van der Waals surface area (Å²) in [6, 6.07) is 0. The molecule has 3 heteroatoms. The van der Waals surface area contributed by atoms with Crippen molar-refractivity contribution in [1.29, 1.82) is 0 Å². The highest BCUT2D eigenvalue weighted by molar-refractivity contribution is 4.37. The van der Waals surface area contributed by atoms with Gasteiger partial charge in [-0.05, 0) is 0 Å². The molecular formula is C5H11NO2+. The molecule has 0 bridgehead atoms. The van der Waals surface area contributed by atoms with Crippen LogP contribution in [0.1, 0.15) is 0 Å². The molecule has 0 aliphatic carbocycles. The molecule has 0 amide bonds. The van der Waals surface area contributed by atoms with E-state index in [0.29, 0.717) is 26.3 Å². The Morgan fingerprint density at radius 2 is 1.88 bits per heavy atom. The van der Waals surface area contributed by atoms with E-state index in [2.05, 4.69) is 0 Å². The summed E-state index contributed by atoms with van der Waals surface area (Å²) >= 11 is 0. The number of morpholine rings is 1. The molecule has 1 fully saturated rings. The molecule has 0 saturated carbocycles. The van der Waals surface area contributed by atoms with Gasteiger partial charge in [-0.2, -0.15) is 0 Å². The first kappa shape index (κ1) is 6.01. The number of quaternary nitrogens is 1. The molecule has 0 spiro atoms. The summed E-state index contributed by atoms with van der Waals surface area (Å²) < 4.78 is 4.86. The second-order valence-corrected chi connectivity index (χ2v) is 2.36. The zero-order valence-corrected chi connectivity index (χ0v) is 5.09. The van der Waals surface area contributed by atoms with E-state index < -0.39 is 0 Å². The van der Waals surface area contributed by atoms with Gasteiger partial charge in [0.2, 0.25) is 0 Å². The van der Waals surface area contributed by atoms with Gasteiger partial charge in [-0.3, -0.25) is 0 Å². The van der Waals surface area contributed by atoms with Crippen LogP contribution in [0.4, 0.5) is 0 Å². The van der Waals surface area contributed by atoms with Gasteiger partial charge in [-0.15, -0.1) is 4.65 Å². The fourth-order valence-electron chi connectivity index (χ4n) is 0.729. The van der Waals surface area contributed by atoms with E-state index in [1.165, 1.54) is 0 Å². The van der Waals surface area contributed by atoms with Crippen LogP contribution in [-0.4, -0.2) is 38.0 Å². The SMILES string of the molecule is C[N+]1([O])CCOCC1. The summed E-state index contributed by atoms with van der Waals surface area (Å²) in [4.78, 5) is 0. The number of hydroxylamine groups is 3. The number of likely N-dealkylation sites (N-methyl/N-ethyl adjacent to an activating group) is 1. The van der Waals surface area contributed by atoms with Crippen molar-refractivity contribution in [3.05, 3.63) is 0 Å². The molecular weight excluding hydrogens is 106 g/mol. The summed E-state index contributed by atoms with van der Waals surface area (Å²) in [7, 11) is 1.68. The molecule has 1 aliphatic rings. The zero-order valence-electron chi connectivity index (χ0n) is 5.09. The van der Waals surface area contributed by atoms with Crippen molar-refractivity contribution in [2.45, 2.75) is 0 Å². The summed E-state index contributed by atoms with van der Waals surface area (Å²) in [5.41, 5.74) is 0. The second kappa shape index (κ2) is 2.01. The molecule has 3 nitrogen and oxygen atoms in total. The van der Waals surface area contributed by atoms with E-state index in [-0.39, 0.29) is 4.65 Å². The van der Waals surface area contributed by atoms with Crippen LogP contribution < -0.4 is 0 Å². The predicted octanol–water partition coefficient (Wildman–Crippen LogP) is -0.191. The summed E-state index contributed by atoms with van der Waals surface area (Å²) in [5.74, 6) is 0. The van der Waals surface area contributed by atoms with Crippen LogP contribution >= 0.6 is 0 Å². The van der Waals surface area contributed by atoms with Crippen LogP contribution in [0.5, 0.6) is 0 Å². The summed E-state index contributed by atoms with van der Waals surface area (Å²) in [6.45, 7) is 2.47. The topological polar surface area (TPSA) is 29.1 Å². The maximum Gasteiger partial charge on any atom is 0.135 e. The highest BCUT2D eigenvalue weighted by Gasteiger charge is 2.24. The minimum atomic E-state index is -0.125. The largest absolute Gasteiger partial charge is 0.370 e. The van der Waals surface area contributed by atoms with E-state index in [1.807, 2.05) is 0 Å². The van der Waals surface area contributed by atoms with Gasteiger partial charge in [0.1, 0.15) is 20.1 Å². The van der Waals surface area contributed by atoms with Gasteiger partial charge in [0.15, 0.2) is 0 Å². The van der Waals surface area contributed by atoms with Crippen LogP contribution in [-0.2, 0) is 9.94 Å². The van der Waals surface area contributed by atoms with Gasteiger partial charge >= 0.3 is 0 Å². The highest BCUT2D eigenvalue weighted by atomic mass is 16.6. The predicted molar refractivity (Wildman–Crippen MR) is 27.4 cm³/mol. The van der Waals surface area contributed by atoms with Crippen molar-refractivity contribution in [3.63, 3.8) is 0 Å². The van der Waals surface area contributed by atoms with Crippen molar-refractivity contribution in [2.75, 3.05) is 33.4 Å². The quantitative estimate of drug-likeness (QED) is 0.404. The average molecular weight is 117 g/mol. The third-order valence-electron chi connectivity index (χ3n) is 1.42. The second-order valence-electron chi connectivity index (χ2n) is 2.36. The lowest BCUT2D eigenvalue weighted by Gasteiger charge is -2.25. The van der Waals surface area contributed by atoms with Gasteiger partial charge < -0.3 is 4.74 Å². The minimum Gasteiger partial charge on any atom is -0.370 e. The van der Waals surface area contributed by atoms with Crippen molar-refractivity contribution in [2.24, 2.45) is 0 Å². The van der Waals surface area contributed by atoms with Gasteiger partial charge in [0.25, 0.3) is 0 Å². The average Bonchev–Trinajstić information content (AvgIpc) is 1.65. The molecule has 47 valence electrons. The Hall–Kier alpha value is -0.120. The molecule has 0 aromatic rings. The molecule has 8 heavy (non-hydrogen) atoms. The first-order valence-electron chi connectivity index (χ1n) is 2.84. The fraction of sp³-hybridized carbons (Fsp3) is 1.00. The lowest BCUT2D eigenvalue weighted by atomic mass is 10.4. The molecule has 1 heterocycles. The Bertz CT molecular complexity index is 74.5. The molecule has 1 saturated heterocycles. The number of ether oxygens (including phenoxy) is 1. The Balaban J connectivity index is 2.33. The number of rotatable bonds is 0. The number of hydrogen-bond donors (Lipinski definition) is 0. The van der Waals surface area contributed by atoms with Crippen LogP contribution in [0.3, 0.4) is 0 Å². The minimum absolute atomic E-state index is 0.125. The van der Waals surface area contributed by atoms with Crippen LogP contribution in [0.25, 0.3) is 0 Å². The molecule has 0 unspecified atom stereocenters. The molecule has 0 atom stereocenters. The molecule has 0 aromatic heterocycles. The van der Waals surface area contributed by atoms with Crippen LogP contribution in [0.15, 0.2) is 0 Å². The number of hydrogen-bond acceptors (Lipinski definition) is 1. The van der Waals surface area contributed by atoms with Crippen molar-refractivity contribution >= 4 is 0 Å². The van der Waals surface area contributed by atoms with Crippen LogP contribution in [0.2, 0.25) is 0 Å². The van der Waals surface area contributed by atoms with E-state index in [4.69, 9.17) is 4.74 Å². The Labute approximate surface area is 49.0 Å². The van der Waals surface area contributed by atoms with E-state index >= 15 is 0 Å². The standard InChI is InChI=1S/C5H11NO2/c1-6(7)2-4-8-5-3-6/h2-5H2,1H3/q+1. The van der Waals surface area contributed by atoms with E-state index in [0.717, 1.165) is 0 Å². The Morgan fingerprint density at radius 1 is 1.38 bits per heavy atom. The summed E-state index contributed by atoms with van der Waals surface area (Å²) in [6.07, 6.45) is 0. The van der Waals surface area contributed by atoms with E-state index in [1.54, 1.807) is 7.05 Å². The van der Waals surface area contributed by atoms with Gasteiger partial charge in [-0.1, -0.05) is 0 Å². The monoisotopic (exact) mass is 117 g/mol. The molecule has 0 N–H and O–H groups in total. The lowest BCUT2D eigenvalue weighted by Crippen LogP contribution is -2.47. The van der Waals surface area contributed by atoms with Crippen LogP contribution in [0, 0.1) is 0 Å². The first-order chi connectivity index (χ1) is 3.71. The maximum absolute atomic E-state index is 11.0. The normalized spacial score (nSPS) is 27.8. The molecule has 1 rings (SSSR count). The van der Waals surface area contributed by atoms with Gasteiger partial charge in [-0.25, -0.2) is 0 Å². The molecule has 1 radical (unpaired) electrons. The smallest absolute Gasteiger partial charge is 0.135 e. The van der Waals surface area contributed by atoms with Gasteiger partial charge in [0, 0.05) is 5.21 Å². The first-order valence-corrected chi connectivity index (χ1v) is 2.84. The highest BCUT2D eigenvalue weighted by Crippen LogP contribution is 2.01. The van der Waals surface area contributed by atoms with Crippen molar-refractivity contribution < 1.29 is 14.6 Å². The Kier molecular flexibility index (Phi) is 1.51. The van der Waals surface area contributed by atoms with E-state index in [9.17, 15) is 5.21 Å². The van der Waals surface area contributed by atoms with Crippen molar-refractivity contribution in [1.82, 2.24) is 0 Å². The van der Waals surface area contributed by atoms with Gasteiger partial charge in [0.05, 0.1) is 13.2 Å². The summed E-state index contributed by atoms with van der Waals surface area (Å²) in [5, 5.41) is 11.0.